The summed E-state index contributed by atoms with van der Waals surface area (Å²) >= 11 is 0. The van der Waals surface area contributed by atoms with E-state index >= 15 is 0 Å². The first-order valence-electron chi connectivity index (χ1n) is 6.25. The summed E-state index contributed by atoms with van der Waals surface area (Å²) in [7, 11) is 1.59. The zero-order valence-electron chi connectivity index (χ0n) is 11.9. The Morgan fingerprint density at radius 3 is 2.53 bits per heavy atom. The van der Waals surface area contributed by atoms with Gasteiger partial charge in [-0.2, -0.15) is 0 Å². The largest absolute Gasteiger partial charge is 0.497 e. The molecular weight excluding hydrogens is 244 g/mol. The minimum Gasteiger partial charge on any atom is -0.497 e. The van der Waals surface area contributed by atoms with Gasteiger partial charge in [0.1, 0.15) is 5.75 Å². The van der Waals surface area contributed by atoms with Crippen molar-refractivity contribution >= 4 is 11.8 Å². The molecule has 0 atom stereocenters. The molecule has 4 heteroatoms. The van der Waals surface area contributed by atoms with Crippen LogP contribution in [-0.4, -0.2) is 25.5 Å². The maximum atomic E-state index is 11.8. The van der Waals surface area contributed by atoms with Gasteiger partial charge in [-0.15, -0.1) is 0 Å². The summed E-state index contributed by atoms with van der Waals surface area (Å²) < 4.78 is 9.88. The molecule has 0 spiro atoms. The second-order valence-electron chi connectivity index (χ2n) is 4.94. The molecule has 0 saturated carbocycles. The van der Waals surface area contributed by atoms with Crippen LogP contribution >= 0.6 is 0 Å². The number of rotatable bonds is 6. The number of ether oxygens (including phenoxy) is 2. The Hall–Kier alpha value is -1.84. The number of Topliss-reactive ketones (excluding diaryl/α,β-unsaturated/α-hetero) is 1. The Balaban J connectivity index is 2.85. The molecular formula is C15H20O4. The summed E-state index contributed by atoms with van der Waals surface area (Å²) in [6.45, 7) is 5.72. The van der Waals surface area contributed by atoms with E-state index in [0.717, 1.165) is 11.3 Å². The van der Waals surface area contributed by atoms with Gasteiger partial charge in [-0.05, 0) is 30.0 Å². The third-order valence-corrected chi connectivity index (χ3v) is 2.96. The van der Waals surface area contributed by atoms with Gasteiger partial charge < -0.3 is 9.47 Å². The molecule has 0 aliphatic heterocycles. The molecule has 0 radical (unpaired) electrons. The quantitative estimate of drug-likeness (QED) is 0.585. The predicted octanol–water partition coefficient (Wildman–Crippen LogP) is 2.50. The van der Waals surface area contributed by atoms with E-state index in [0.29, 0.717) is 0 Å². The fraction of sp³-hybridized carbons (Fsp3) is 0.467. The molecule has 0 amide bonds. The van der Waals surface area contributed by atoms with Gasteiger partial charge in [0.25, 0.3) is 0 Å². The minimum atomic E-state index is -0.765. The first-order valence-corrected chi connectivity index (χ1v) is 6.25. The van der Waals surface area contributed by atoms with Crippen LogP contribution in [0.5, 0.6) is 5.75 Å². The molecule has 0 unspecified atom stereocenters. The summed E-state index contributed by atoms with van der Waals surface area (Å²) in [5.41, 5.74) is 0.503. The summed E-state index contributed by atoms with van der Waals surface area (Å²) in [6.07, 6.45) is 0.110. The maximum absolute atomic E-state index is 11.8. The van der Waals surface area contributed by atoms with Gasteiger partial charge >= 0.3 is 5.97 Å². The highest BCUT2D eigenvalue weighted by Gasteiger charge is 2.28. The van der Waals surface area contributed by atoms with Crippen molar-refractivity contribution in [2.24, 2.45) is 0 Å². The predicted molar refractivity (Wildman–Crippen MR) is 72.3 cm³/mol. The molecule has 0 aliphatic rings. The smallest absolute Gasteiger partial charge is 0.374 e. The van der Waals surface area contributed by atoms with Crippen molar-refractivity contribution in [3.05, 3.63) is 29.8 Å². The van der Waals surface area contributed by atoms with Crippen LogP contribution in [0.4, 0.5) is 0 Å². The van der Waals surface area contributed by atoms with Crippen LogP contribution in [-0.2, 0) is 19.7 Å². The molecule has 0 fully saturated rings. The summed E-state index contributed by atoms with van der Waals surface area (Å²) in [5, 5.41) is 0. The molecule has 1 aromatic rings. The third-order valence-electron chi connectivity index (χ3n) is 2.96. The highest BCUT2D eigenvalue weighted by Crippen LogP contribution is 2.29. The van der Waals surface area contributed by atoms with Crippen molar-refractivity contribution in [1.82, 2.24) is 0 Å². The second kappa shape index (κ2) is 6.36. The zero-order valence-corrected chi connectivity index (χ0v) is 11.9. The topological polar surface area (TPSA) is 52.6 Å². The molecule has 19 heavy (non-hydrogen) atoms. The molecule has 1 aromatic carbocycles. The van der Waals surface area contributed by atoms with Crippen molar-refractivity contribution in [2.45, 2.75) is 32.6 Å². The lowest BCUT2D eigenvalue weighted by atomic mass is 9.80. The Morgan fingerprint density at radius 2 is 1.95 bits per heavy atom. The normalized spacial score (nSPS) is 10.9. The average Bonchev–Trinajstić information content (AvgIpc) is 2.38. The van der Waals surface area contributed by atoms with Gasteiger partial charge in [0.15, 0.2) is 0 Å². The summed E-state index contributed by atoms with van der Waals surface area (Å²) in [6, 6.07) is 7.50. The van der Waals surface area contributed by atoms with E-state index in [-0.39, 0.29) is 13.0 Å². The van der Waals surface area contributed by atoms with E-state index in [1.54, 1.807) is 14.0 Å². The van der Waals surface area contributed by atoms with Crippen molar-refractivity contribution in [2.75, 3.05) is 13.7 Å². The highest BCUT2D eigenvalue weighted by molar-refractivity contribution is 6.33. The van der Waals surface area contributed by atoms with Crippen LogP contribution in [0.3, 0.4) is 0 Å². The number of methoxy groups -OCH3 is 1. The van der Waals surface area contributed by atoms with Gasteiger partial charge in [-0.3, -0.25) is 4.79 Å². The maximum Gasteiger partial charge on any atom is 0.374 e. The molecule has 1 rings (SSSR count). The number of carbonyl (C=O) groups excluding carboxylic acids is 2. The van der Waals surface area contributed by atoms with Crippen LogP contribution in [0.1, 0.15) is 32.8 Å². The standard InChI is InChI=1S/C15H20O4/c1-5-19-14(17)13(16)10-15(2,3)11-7-6-8-12(9-11)18-4/h6-9H,5,10H2,1-4H3. The summed E-state index contributed by atoms with van der Waals surface area (Å²) in [4.78, 5) is 23.1. The molecule has 4 nitrogen and oxygen atoms in total. The summed E-state index contributed by atoms with van der Waals surface area (Å²) in [5.74, 6) is -0.540. The lowest BCUT2D eigenvalue weighted by molar-refractivity contribution is -0.154. The van der Waals surface area contributed by atoms with Crippen molar-refractivity contribution in [1.29, 1.82) is 0 Å². The second-order valence-corrected chi connectivity index (χ2v) is 4.94. The molecule has 0 aromatic heterocycles. The van der Waals surface area contributed by atoms with E-state index in [1.165, 1.54) is 0 Å². The molecule has 104 valence electrons. The van der Waals surface area contributed by atoms with Crippen LogP contribution in [0.25, 0.3) is 0 Å². The zero-order chi connectivity index (χ0) is 14.5. The first-order chi connectivity index (χ1) is 8.90. The SMILES string of the molecule is CCOC(=O)C(=O)CC(C)(C)c1cccc(OC)c1. The number of esters is 1. The van der Waals surface area contributed by atoms with Crippen molar-refractivity contribution < 1.29 is 19.1 Å². The first kappa shape index (κ1) is 15.2. The number of ketones is 1. The van der Waals surface area contributed by atoms with E-state index in [1.807, 2.05) is 38.1 Å². The van der Waals surface area contributed by atoms with Crippen LogP contribution in [0.15, 0.2) is 24.3 Å². The lowest BCUT2D eigenvalue weighted by Gasteiger charge is -2.24. The number of benzene rings is 1. The monoisotopic (exact) mass is 264 g/mol. The van der Waals surface area contributed by atoms with Crippen molar-refractivity contribution in [3.63, 3.8) is 0 Å². The fourth-order valence-corrected chi connectivity index (χ4v) is 1.83. The fourth-order valence-electron chi connectivity index (χ4n) is 1.83. The number of hydrogen-bond donors (Lipinski definition) is 0. The van der Waals surface area contributed by atoms with Gasteiger partial charge in [-0.1, -0.05) is 26.0 Å². The van der Waals surface area contributed by atoms with E-state index in [9.17, 15) is 9.59 Å². The lowest BCUT2D eigenvalue weighted by Crippen LogP contribution is -2.27. The molecule has 0 bridgehead atoms. The molecule has 0 heterocycles. The highest BCUT2D eigenvalue weighted by atomic mass is 16.5. The third kappa shape index (κ3) is 4.09. The Bertz CT molecular complexity index is 463. The molecule has 0 saturated heterocycles. The van der Waals surface area contributed by atoms with E-state index in [2.05, 4.69) is 0 Å². The average molecular weight is 264 g/mol. The molecule has 0 N–H and O–H groups in total. The minimum absolute atomic E-state index is 0.110. The Kier molecular flexibility index (Phi) is 5.10. The van der Waals surface area contributed by atoms with E-state index < -0.39 is 17.2 Å². The Morgan fingerprint density at radius 1 is 1.26 bits per heavy atom. The van der Waals surface area contributed by atoms with Gasteiger partial charge in [0.2, 0.25) is 5.78 Å². The van der Waals surface area contributed by atoms with Crippen LogP contribution in [0.2, 0.25) is 0 Å². The van der Waals surface area contributed by atoms with Gasteiger partial charge in [0.05, 0.1) is 13.7 Å². The number of carbonyl (C=O) groups is 2. The van der Waals surface area contributed by atoms with Gasteiger partial charge in [-0.25, -0.2) is 4.79 Å². The van der Waals surface area contributed by atoms with Crippen LogP contribution < -0.4 is 4.74 Å². The Labute approximate surface area is 113 Å². The van der Waals surface area contributed by atoms with Gasteiger partial charge in [0, 0.05) is 6.42 Å². The molecule has 0 aliphatic carbocycles. The van der Waals surface area contributed by atoms with E-state index in [4.69, 9.17) is 9.47 Å². The van der Waals surface area contributed by atoms with Crippen molar-refractivity contribution in [3.8, 4) is 5.75 Å². The van der Waals surface area contributed by atoms with Crippen LogP contribution in [0, 0.1) is 0 Å². The number of hydrogen-bond acceptors (Lipinski definition) is 4.